The zero-order chi connectivity index (χ0) is 21.0. The quantitative estimate of drug-likeness (QED) is 0.698. The molecule has 0 bridgehead atoms. The van der Waals surface area contributed by atoms with E-state index < -0.39 is 10.2 Å². The Labute approximate surface area is 178 Å². The maximum Gasteiger partial charge on any atom is 0.279 e. The normalized spacial score (nSPS) is 27.4. The van der Waals surface area contributed by atoms with Crippen LogP contribution in [0.3, 0.4) is 0 Å². The predicted octanol–water partition coefficient (Wildman–Crippen LogP) is 0.769. The van der Waals surface area contributed by atoms with E-state index in [9.17, 15) is 8.42 Å². The molecule has 9 nitrogen and oxygen atoms in total. The van der Waals surface area contributed by atoms with Gasteiger partial charge in [0.05, 0.1) is 44.3 Å². The Hall–Kier alpha value is -1.30. The highest BCUT2D eigenvalue weighted by Gasteiger charge is 2.38. The van der Waals surface area contributed by atoms with Crippen molar-refractivity contribution in [3.8, 4) is 5.88 Å². The number of methoxy groups -OCH3 is 1. The van der Waals surface area contributed by atoms with Gasteiger partial charge in [-0.15, -0.1) is 0 Å². The third kappa shape index (κ3) is 5.49. The molecule has 30 heavy (non-hydrogen) atoms. The van der Waals surface area contributed by atoms with Gasteiger partial charge in [-0.2, -0.15) is 17.4 Å². The van der Waals surface area contributed by atoms with Gasteiger partial charge in [0.15, 0.2) is 0 Å². The molecule has 1 N–H and O–H groups in total. The molecule has 2 atom stereocenters. The Bertz CT molecular complexity index is 784. The van der Waals surface area contributed by atoms with Crippen LogP contribution in [0.5, 0.6) is 5.88 Å². The number of nitrogens with zero attached hydrogens (tertiary/aromatic N) is 3. The molecular formula is C20H32N4O5S. The van der Waals surface area contributed by atoms with Gasteiger partial charge in [-0.05, 0) is 18.9 Å². The number of rotatable bonds is 6. The first-order valence-corrected chi connectivity index (χ1v) is 12.2. The summed E-state index contributed by atoms with van der Waals surface area (Å²) in [5, 5.41) is 0. The molecular weight excluding hydrogens is 408 g/mol. The van der Waals surface area contributed by atoms with Crippen molar-refractivity contribution in [1.82, 2.24) is 18.9 Å². The zero-order valence-electron chi connectivity index (χ0n) is 17.5. The highest BCUT2D eigenvalue weighted by molar-refractivity contribution is 7.87. The first-order valence-electron chi connectivity index (χ1n) is 10.8. The number of likely N-dealkylation sites (tertiary alicyclic amines) is 1. The minimum atomic E-state index is -3.51. The Morgan fingerprint density at radius 1 is 1.10 bits per heavy atom. The van der Waals surface area contributed by atoms with E-state index in [1.54, 1.807) is 11.4 Å². The van der Waals surface area contributed by atoms with Crippen molar-refractivity contribution in [3.05, 3.63) is 23.9 Å². The smallest absolute Gasteiger partial charge is 0.279 e. The van der Waals surface area contributed by atoms with Crippen molar-refractivity contribution in [2.24, 2.45) is 0 Å². The average Bonchev–Trinajstić information content (AvgIpc) is 2.91. The van der Waals surface area contributed by atoms with Crippen LogP contribution in [0.15, 0.2) is 18.2 Å². The summed E-state index contributed by atoms with van der Waals surface area (Å²) >= 11 is 0. The molecule has 4 rings (SSSR count). The highest BCUT2D eigenvalue weighted by Crippen LogP contribution is 2.22. The van der Waals surface area contributed by atoms with Gasteiger partial charge in [0, 0.05) is 38.8 Å². The summed E-state index contributed by atoms with van der Waals surface area (Å²) in [6, 6.07) is 5.38. The third-order valence-electron chi connectivity index (χ3n) is 5.91. The van der Waals surface area contributed by atoms with Crippen LogP contribution in [-0.4, -0.2) is 87.4 Å². The number of pyridine rings is 1. The van der Waals surface area contributed by atoms with Crippen LogP contribution in [0.25, 0.3) is 0 Å². The van der Waals surface area contributed by atoms with E-state index >= 15 is 0 Å². The molecule has 3 saturated heterocycles. The minimum Gasteiger partial charge on any atom is -0.481 e. The number of hydrogen-bond donors (Lipinski definition) is 1. The molecule has 0 spiro atoms. The molecule has 3 aliphatic heterocycles. The van der Waals surface area contributed by atoms with Gasteiger partial charge in [-0.3, -0.25) is 4.90 Å². The van der Waals surface area contributed by atoms with Crippen molar-refractivity contribution in [3.63, 3.8) is 0 Å². The fourth-order valence-corrected chi connectivity index (χ4v) is 5.76. The minimum absolute atomic E-state index is 0.0664. The standard InChI is InChI=1S/C20H32N4O5S/c1-27-20-8-6-7-16(21-20)11-23-12-18-19(13-23)29-15-17(14-28-18)22-30(25,26)24-9-4-2-3-5-10-24/h6-8,17-19,22H,2-5,9-15H2,1H3/t18-,19-/m0/s1. The molecule has 0 aromatic carbocycles. The summed E-state index contributed by atoms with van der Waals surface area (Å²) in [6.45, 7) is 3.97. The van der Waals surface area contributed by atoms with E-state index in [0.29, 0.717) is 38.7 Å². The summed E-state index contributed by atoms with van der Waals surface area (Å²) in [6.07, 6.45) is 3.88. The summed E-state index contributed by atoms with van der Waals surface area (Å²) in [5.41, 5.74) is 0.939. The predicted molar refractivity (Wildman–Crippen MR) is 111 cm³/mol. The second-order valence-corrected chi connectivity index (χ2v) is 9.94. The second-order valence-electron chi connectivity index (χ2n) is 8.24. The lowest BCUT2D eigenvalue weighted by Gasteiger charge is -2.24. The lowest BCUT2D eigenvalue weighted by molar-refractivity contribution is -0.00461. The fourth-order valence-electron chi connectivity index (χ4n) is 4.32. The van der Waals surface area contributed by atoms with E-state index in [2.05, 4.69) is 14.6 Å². The van der Waals surface area contributed by atoms with Crippen molar-refractivity contribution in [2.45, 2.75) is 50.5 Å². The molecule has 3 aliphatic rings. The van der Waals surface area contributed by atoms with E-state index in [1.165, 1.54) is 0 Å². The Kier molecular flexibility index (Phi) is 7.22. The van der Waals surface area contributed by atoms with E-state index in [4.69, 9.17) is 14.2 Å². The Morgan fingerprint density at radius 3 is 2.40 bits per heavy atom. The molecule has 0 aliphatic carbocycles. The number of nitrogens with one attached hydrogen (secondary N) is 1. The van der Waals surface area contributed by atoms with Crippen LogP contribution in [0.2, 0.25) is 0 Å². The van der Waals surface area contributed by atoms with Gasteiger partial charge in [0.1, 0.15) is 0 Å². The number of fused-ring (bicyclic) bond motifs is 1. The van der Waals surface area contributed by atoms with Crippen molar-refractivity contribution in [2.75, 3.05) is 46.5 Å². The molecule has 3 fully saturated rings. The summed E-state index contributed by atoms with van der Waals surface area (Å²) in [5.74, 6) is 0.605. The van der Waals surface area contributed by atoms with Gasteiger partial charge < -0.3 is 14.2 Å². The van der Waals surface area contributed by atoms with Gasteiger partial charge in [0.25, 0.3) is 10.2 Å². The lowest BCUT2D eigenvalue weighted by atomic mass is 10.2. The second kappa shape index (κ2) is 9.88. The largest absolute Gasteiger partial charge is 0.481 e. The molecule has 0 amide bonds. The van der Waals surface area contributed by atoms with Crippen molar-refractivity contribution < 1.29 is 22.6 Å². The van der Waals surface area contributed by atoms with Crippen LogP contribution in [0.1, 0.15) is 31.4 Å². The molecule has 1 aromatic heterocycles. The lowest BCUT2D eigenvalue weighted by Crippen LogP contribution is -2.48. The number of ether oxygens (including phenoxy) is 3. The maximum absolute atomic E-state index is 12.8. The number of aromatic nitrogens is 1. The molecule has 168 valence electrons. The zero-order valence-corrected chi connectivity index (χ0v) is 18.3. The van der Waals surface area contributed by atoms with Gasteiger partial charge in [0.2, 0.25) is 5.88 Å². The highest BCUT2D eigenvalue weighted by atomic mass is 32.2. The Morgan fingerprint density at radius 2 is 1.77 bits per heavy atom. The van der Waals surface area contributed by atoms with Crippen LogP contribution in [0, 0.1) is 0 Å². The molecule has 4 heterocycles. The molecule has 0 saturated carbocycles. The fraction of sp³-hybridized carbons (Fsp3) is 0.750. The molecule has 10 heteroatoms. The van der Waals surface area contributed by atoms with E-state index in [-0.39, 0.29) is 18.2 Å². The molecule has 0 radical (unpaired) electrons. The van der Waals surface area contributed by atoms with Crippen LogP contribution in [-0.2, 0) is 26.2 Å². The van der Waals surface area contributed by atoms with Gasteiger partial charge in [-0.1, -0.05) is 18.9 Å². The first-order chi connectivity index (χ1) is 14.5. The number of hydrogen-bond acceptors (Lipinski definition) is 7. The third-order valence-corrected chi connectivity index (χ3v) is 7.59. The van der Waals surface area contributed by atoms with Crippen molar-refractivity contribution in [1.29, 1.82) is 0 Å². The monoisotopic (exact) mass is 440 g/mol. The van der Waals surface area contributed by atoms with Crippen LogP contribution in [0.4, 0.5) is 0 Å². The van der Waals surface area contributed by atoms with Gasteiger partial charge in [-0.25, -0.2) is 4.98 Å². The van der Waals surface area contributed by atoms with Crippen LogP contribution < -0.4 is 9.46 Å². The topological polar surface area (TPSA) is 93.2 Å². The van der Waals surface area contributed by atoms with Crippen molar-refractivity contribution >= 4 is 10.2 Å². The summed E-state index contributed by atoms with van der Waals surface area (Å²) in [4.78, 5) is 6.72. The SMILES string of the molecule is COc1cccc(CN2C[C@@H]3OCC(NS(=O)(=O)N4CCCCCC4)CO[C@H]3C2)n1. The van der Waals surface area contributed by atoms with Crippen LogP contribution >= 0.6 is 0 Å². The average molecular weight is 441 g/mol. The summed E-state index contributed by atoms with van der Waals surface area (Å²) < 4.78 is 47.2. The van der Waals surface area contributed by atoms with E-state index in [1.807, 2.05) is 18.2 Å². The summed E-state index contributed by atoms with van der Waals surface area (Å²) in [7, 11) is -1.90. The first kappa shape index (κ1) is 21.9. The molecule has 1 aromatic rings. The maximum atomic E-state index is 12.8. The van der Waals surface area contributed by atoms with E-state index in [0.717, 1.165) is 44.5 Å². The van der Waals surface area contributed by atoms with Gasteiger partial charge >= 0.3 is 0 Å². The molecule has 0 unspecified atom stereocenters. The Balaban J connectivity index is 1.29.